The minimum absolute atomic E-state index is 0.0252. The molecule has 5 nitrogen and oxygen atoms in total. The van der Waals surface area contributed by atoms with Crippen LogP contribution >= 0.6 is 0 Å². The molecule has 2 saturated heterocycles. The number of hydrogen-bond acceptors (Lipinski definition) is 4. The molecule has 2 aromatic carbocycles. The third kappa shape index (κ3) is 5.07. The molecule has 0 N–H and O–H groups in total. The highest BCUT2D eigenvalue weighted by molar-refractivity contribution is 5.84. The van der Waals surface area contributed by atoms with Gasteiger partial charge in [-0.3, -0.25) is 9.69 Å². The lowest BCUT2D eigenvalue weighted by molar-refractivity contribution is -0.149. The van der Waals surface area contributed by atoms with Crippen molar-refractivity contribution in [3.05, 3.63) is 71.7 Å². The van der Waals surface area contributed by atoms with Gasteiger partial charge in [0.25, 0.3) is 0 Å². The fraction of sp³-hybridized carbons (Fsp3) is 0.500. The minimum Gasteiger partial charge on any atom is -0.469 e. The molecular weight excluding hydrogens is 453 g/mol. The van der Waals surface area contributed by atoms with E-state index in [0.29, 0.717) is 0 Å². The number of piperidine rings is 1. The number of likely N-dealkylation sites (tertiary alicyclic amines) is 2. The number of rotatable bonds is 8. The van der Waals surface area contributed by atoms with Crippen molar-refractivity contribution in [1.82, 2.24) is 14.4 Å². The molecule has 192 valence electrons. The summed E-state index contributed by atoms with van der Waals surface area (Å²) < 4.78 is 21.6. The first kappa shape index (κ1) is 25.0. The van der Waals surface area contributed by atoms with Crippen molar-refractivity contribution in [3.63, 3.8) is 0 Å². The van der Waals surface area contributed by atoms with E-state index in [-0.39, 0.29) is 23.1 Å². The summed E-state index contributed by atoms with van der Waals surface area (Å²) in [5, 5.41) is 1.02. The molecule has 5 rings (SSSR count). The summed E-state index contributed by atoms with van der Waals surface area (Å²) >= 11 is 0. The number of hydrogen-bond donors (Lipinski definition) is 0. The monoisotopic (exact) mass is 491 g/mol. The van der Waals surface area contributed by atoms with E-state index < -0.39 is 0 Å². The second-order valence-electron chi connectivity index (χ2n) is 10.7. The van der Waals surface area contributed by atoms with Gasteiger partial charge in [0.05, 0.1) is 13.0 Å². The Morgan fingerprint density at radius 1 is 1.08 bits per heavy atom. The van der Waals surface area contributed by atoms with Crippen LogP contribution in [0.2, 0.25) is 0 Å². The van der Waals surface area contributed by atoms with Crippen LogP contribution in [0.1, 0.15) is 37.3 Å². The molecule has 0 aliphatic carbocycles. The van der Waals surface area contributed by atoms with Crippen LogP contribution in [0, 0.1) is 17.2 Å². The lowest BCUT2D eigenvalue weighted by atomic mass is 9.70. The molecule has 3 aromatic rings. The highest BCUT2D eigenvalue weighted by atomic mass is 19.1. The number of aromatic nitrogens is 1. The van der Waals surface area contributed by atoms with Crippen LogP contribution in [0.3, 0.4) is 0 Å². The zero-order valence-corrected chi connectivity index (χ0v) is 21.6. The number of methoxy groups -OCH3 is 1. The van der Waals surface area contributed by atoms with Gasteiger partial charge in [0.15, 0.2) is 0 Å². The molecule has 1 aromatic heterocycles. The van der Waals surface area contributed by atoms with Crippen molar-refractivity contribution in [2.24, 2.45) is 11.3 Å². The zero-order valence-electron chi connectivity index (χ0n) is 21.6. The number of esters is 1. The third-order valence-corrected chi connectivity index (χ3v) is 8.40. The summed E-state index contributed by atoms with van der Waals surface area (Å²) in [4.78, 5) is 17.8. The topological polar surface area (TPSA) is 37.7 Å². The van der Waals surface area contributed by atoms with E-state index in [1.807, 2.05) is 12.1 Å². The molecule has 0 radical (unpaired) electrons. The fourth-order valence-electron chi connectivity index (χ4n) is 6.44. The Hall–Kier alpha value is -2.70. The second kappa shape index (κ2) is 10.7. The number of fused-ring (bicyclic) bond motifs is 1. The lowest BCUT2D eigenvalue weighted by Gasteiger charge is -2.41. The van der Waals surface area contributed by atoms with Crippen LogP contribution in [0.4, 0.5) is 4.39 Å². The van der Waals surface area contributed by atoms with Crippen molar-refractivity contribution in [1.29, 1.82) is 0 Å². The quantitative estimate of drug-likeness (QED) is 0.410. The molecule has 0 amide bonds. The van der Waals surface area contributed by atoms with Crippen molar-refractivity contribution >= 4 is 16.9 Å². The van der Waals surface area contributed by atoms with Gasteiger partial charge in [0, 0.05) is 55.2 Å². The Morgan fingerprint density at radius 3 is 2.58 bits per heavy atom. The predicted octanol–water partition coefficient (Wildman–Crippen LogP) is 5.12. The van der Waals surface area contributed by atoms with E-state index in [9.17, 15) is 9.18 Å². The van der Waals surface area contributed by atoms with Crippen molar-refractivity contribution < 1.29 is 13.9 Å². The first-order valence-corrected chi connectivity index (χ1v) is 13.3. The lowest BCUT2D eigenvalue weighted by Crippen LogP contribution is -2.46. The van der Waals surface area contributed by atoms with Crippen molar-refractivity contribution in [2.45, 2.75) is 45.7 Å². The Kier molecular flexibility index (Phi) is 7.44. The Bertz CT molecular complexity index is 1180. The molecule has 36 heavy (non-hydrogen) atoms. The number of ether oxygens (including phenoxy) is 1. The fourth-order valence-corrected chi connectivity index (χ4v) is 6.44. The van der Waals surface area contributed by atoms with E-state index in [1.54, 1.807) is 12.1 Å². The smallest absolute Gasteiger partial charge is 0.310 e. The molecule has 0 saturated carbocycles. The summed E-state index contributed by atoms with van der Waals surface area (Å²) in [6.07, 6.45) is 6.21. The van der Waals surface area contributed by atoms with Crippen LogP contribution < -0.4 is 0 Å². The highest BCUT2D eigenvalue weighted by Gasteiger charge is 2.51. The molecule has 6 heteroatoms. The molecular formula is C30H38FN3O2. The summed E-state index contributed by atoms with van der Waals surface area (Å²) in [6.45, 7) is 8.49. The van der Waals surface area contributed by atoms with Gasteiger partial charge in [-0.2, -0.15) is 0 Å². The Balaban J connectivity index is 1.27. The molecule has 1 atom stereocenters. The number of nitrogens with zero attached hydrogens (tertiary/aromatic N) is 3. The SMILES string of the molecule is CCCn1cc(CN2CCC3(CC2)CN(CCc2ccccc2)CC3C(=O)OC)c2cc(F)ccc21. The van der Waals surface area contributed by atoms with Gasteiger partial charge in [-0.05, 0) is 68.1 Å². The average molecular weight is 492 g/mol. The van der Waals surface area contributed by atoms with Gasteiger partial charge in [-0.25, -0.2) is 4.39 Å². The first-order valence-electron chi connectivity index (χ1n) is 13.3. The predicted molar refractivity (Wildman–Crippen MR) is 141 cm³/mol. The van der Waals surface area contributed by atoms with Crippen LogP contribution in [-0.2, 0) is 29.0 Å². The summed E-state index contributed by atoms with van der Waals surface area (Å²) in [5.74, 6) is -0.317. The first-order chi connectivity index (χ1) is 17.5. The molecule has 2 aliphatic heterocycles. The van der Waals surface area contributed by atoms with Crippen LogP contribution in [0.5, 0.6) is 0 Å². The number of carbonyl (C=O) groups is 1. The van der Waals surface area contributed by atoms with Crippen molar-refractivity contribution in [2.75, 3.05) is 39.8 Å². The largest absolute Gasteiger partial charge is 0.469 e. The van der Waals surface area contributed by atoms with E-state index >= 15 is 0 Å². The number of halogens is 1. The summed E-state index contributed by atoms with van der Waals surface area (Å²) in [5.41, 5.74) is 3.61. The van der Waals surface area contributed by atoms with E-state index in [2.05, 4.69) is 51.8 Å². The van der Waals surface area contributed by atoms with Gasteiger partial charge in [0.1, 0.15) is 5.82 Å². The van der Waals surface area contributed by atoms with E-state index in [4.69, 9.17) is 4.74 Å². The molecule has 2 fully saturated rings. The van der Waals surface area contributed by atoms with E-state index in [0.717, 1.165) is 82.4 Å². The Labute approximate surface area is 213 Å². The summed E-state index contributed by atoms with van der Waals surface area (Å²) in [6, 6.07) is 15.7. The maximum Gasteiger partial charge on any atom is 0.310 e. The van der Waals surface area contributed by atoms with Gasteiger partial charge >= 0.3 is 5.97 Å². The molecule has 1 spiro atoms. The average Bonchev–Trinajstić information content (AvgIpc) is 3.42. The van der Waals surface area contributed by atoms with Crippen LogP contribution in [-0.4, -0.2) is 60.2 Å². The van der Waals surface area contributed by atoms with Gasteiger partial charge < -0.3 is 14.2 Å². The van der Waals surface area contributed by atoms with Gasteiger partial charge in [-0.15, -0.1) is 0 Å². The minimum atomic E-state index is -0.182. The van der Waals surface area contributed by atoms with Crippen molar-refractivity contribution in [3.8, 4) is 0 Å². The van der Waals surface area contributed by atoms with Crippen LogP contribution in [0.15, 0.2) is 54.7 Å². The summed E-state index contributed by atoms with van der Waals surface area (Å²) in [7, 11) is 1.52. The second-order valence-corrected chi connectivity index (χ2v) is 10.7. The number of aryl methyl sites for hydroxylation is 1. The molecule has 0 bridgehead atoms. The maximum atomic E-state index is 14.1. The number of carbonyl (C=O) groups excluding carboxylic acids is 1. The molecule has 1 unspecified atom stereocenters. The normalized spacial score (nSPS) is 20.4. The van der Waals surface area contributed by atoms with E-state index in [1.165, 1.54) is 18.2 Å². The number of benzene rings is 2. The van der Waals surface area contributed by atoms with Gasteiger partial charge in [0.2, 0.25) is 0 Å². The molecule has 2 aliphatic rings. The highest BCUT2D eigenvalue weighted by Crippen LogP contribution is 2.45. The maximum absolute atomic E-state index is 14.1. The standard InChI is InChI=1S/C30H38FN3O2/c1-3-14-34-20-24(26-18-25(31)9-10-28(26)34)19-32-16-12-30(13-17-32)22-33(21-27(30)29(35)36-2)15-11-23-7-5-4-6-8-23/h4-10,18,20,27H,3,11-17,19,21-22H2,1-2H3. The van der Waals surface area contributed by atoms with Crippen LogP contribution in [0.25, 0.3) is 10.9 Å². The zero-order chi connectivity index (χ0) is 25.1. The van der Waals surface area contributed by atoms with Gasteiger partial charge in [-0.1, -0.05) is 37.3 Å². The molecule has 3 heterocycles. The Morgan fingerprint density at radius 2 is 1.86 bits per heavy atom. The third-order valence-electron chi connectivity index (χ3n) is 8.40.